The fourth-order valence-corrected chi connectivity index (χ4v) is 2.99. The number of hydrogen-bond acceptors (Lipinski definition) is 3. The van der Waals surface area contributed by atoms with Gasteiger partial charge in [-0.2, -0.15) is 0 Å². The van der Waals surface area contributed by atoms with Crippen LogP contribution >= 0.6 is 0 Å². The zero-order chi connectivity index (χ0) is 13.7. The van der Waals surface area contributed by atoms with Crippen molar-refractivity contribution in [2.24, 2.45) is 5.92 Å². The molecule has 1 aliphatic heterocycles. The van der Waals surface area contributed by atoms with Gasteiger partial charge in [0.2, 0.25) is 0 Å². The van der Waals surface area contributed by atoms with Crippen molar-refractivity contribution >= 4 is 5.69 Å². The Bertz CT molecular complexity index is 391. The molecule has 2 heterocycles. The third kappa shape index (κ3) is 3.69. The Morgan fingerprint density at radius 2 is 2.26 bits per heavy atom. The van der Waals surface area contributed by atoms with E-state index in [2.05, 4.69) is 42.0 Å². The number of piperidine rings is 1. The number of hydrogen-bond donors (Lipinski definition) is 1. The minimum atomic E-state index is 0.623. The van der Waals surface area contributed by atoms with Crippen molar-refractivity contribution in [3.8, 4) is 0 Å². The lowest BCUT2D eigenvalue weighted by molar-refractivity contribution is 0.377. The maximum atomic E-state index is 4.33. The molecule has 0 bridgehead atoms. The number of anilines is 1. The summed E-state index contributed by atoms with van der Waals surface area (Å²) in [6.45, 7) is 10.1. The van der Waals surface area contributed by atoms with Crippen LogP contribution in [0.25, 0.3) is 0 Å². The average molecular weight is 261 g/mol. The van der Waals surface area contributed by atoms with E-state index in [0.29, 0.717) is 6.04 Å². The van der Waals surface area contributed by atoms with Gasteiger partial charge < -0.3 is 10.2 Å². The largest absolute Gasteiger partial charge is 0.367 e. The molecule has 1 N–H and O–H groups in total. The van der Waals surface area contributed by atoms with Crippen molar-refractivity contribution in [3.05, 3.63) is 24.0 Å². The van der Waals surface area contributed by atoms with E-state index in [1.165, 1.54) is 30.5 Å². The summed E-state index contributed by atoms with van der Waals surface area (Å²) in [5.74, 6) is 0.851. The van der Waals surface area contributed by atoms with E-state index in [4.69, 9.17) is 0 Å². The second kappa shape index (κ2) is 6.90. The molecule has 0 amide bonds. The quantitative estimate of drug-likeness (QED) is 0.825. The lowest BCUT2D eigenvalue weighted by Gasteiger charge is -2.39. The molecular formula is C16H27N3. The van der Waals surface area contributed by atoms with Gasteiger partial charge in [0.25, 0.3) is 0 Å². The van der Waals surface area contributed by atoms with E-state index in [1.54, 1.807) is 0 Å². The maximum absolute atomic E-state index is 4.33. The Balaban J connectivity index is 2.10. The van der Waals surface area contributed by atoms with Crippen LogP contribution in [0.15, 0.2) is 18.5 Å². The molecule has 3 heteroatoms. The Hall–Kier alpha value is -1.09. The summed E-state index contributed by atoms with van der Waals surface area (Å²) in [6, 6.07) is 2.78. The molecule has 2 rings (SSSR count). The lowest BCUT2D eigenvalue weighted by atomic mass is 9.92. The van der Waals surface area contributed by atoms with Gasteiger partial charge in [-0.05, 0) is 50.3 Å². The van der Waals surface area contributed by atoms with Gasteiger partial charge >= 0.3 is 0 Å². The summed E-state index contributed by atoms with van der Waals surface area (Å²) in [5.41, 5.74) is 2.70. The smallest absolute Gasteiger partial charge is 0.0600 e. The molecule has 1 fully saturated rings. The zero-order valence-electron chi connectivity index (χ0n) is 12.5. The van der Waals surface area contributed by atoms with E-state index in [9.17, 15) is 0 Å². The van der Waals surface area contributed by atoms with Crippen LogP contribution in [0, 0.1) is 5.92 Å². The van der Waals surface area contributed by atoms with Crippen molar-refractivity contribution in [3.63, 3.8) is 0 Å². The van der Waals surface area contributed by atoms with E-state index in [-0.39, 0.29) is 0 Å². The summed E-state index contributed by atoms with van der Waals surface area (Å²) in [6.07, 6.45) is 7.70. The van der Waals surface area contributed by atoms with Crippen LogP contribution in [0.2, 0.25) is 0 Å². The minimum absolute atomic E-state index is 0.623. The molecule has 2 unspecified atom stereocenters. The van der Waals surface area contributed by atoms with Crippen molar-refractivity contribution in [2.45, 2.75) is 52.6 Å². The maximum Gasteiger partial charge on any atom is 0.0600 e. The molecule has 1 aliphatic rings. The topological polar surface area (TPSA) is 28.2 Å². The molecule has 1 aromatic heterocycles. The number of nitrogens with one attached hydrogen (secondary N) is 1. The molecule has 2 atom stereocenters. The van der Waals surface area contributed by atoms with Crippen LogP contribution in [0.4, 0.5) is 5.69 Å². The Labute approximate surface area is 117 Å². The van der Waals surface area contributed by atoms with Crippen LogP contribution in [0.1, 0.15) is 45.6 Å². The molecule has 0 radical (unpaired) electrons. The third-order valence-corrected chi connectivity index (χ3v) is 4.08. The van der Waals surface area contributed by atoms with Crippen LogP contribution in [-0.2, 0) is 6.54 Å². The third-order valence-electron chi connectivity index (χ3n) is 4.08. The van der Waals surface area contributed by atoms with Gasteiger partial charge in [-0.3, -0.25) is 4.98 Å². The number of pyridine rings is 1. The first-order valence-corrected chi connectivity index (χ1v) is 7.62. The summed E-state index contributed by atoms with van der Waals surface area (Å²) in [4.78, 5) is 6.87. The first-order chi connectivity index (χ1) is 9.22. The number of aromatic nitrogens is 1. The first kappa shape index (κ1) is 14.3. The SMILES string of the molecule is CCCNCc1ccncc1N1CCC(C)CC1C. The fraction of sp³-hybridized carbons (Fsp3) is 0.688. The normalized spacial score (nSPS) is 23.6. The van der Waals surface area contributed by atoms with Gasteiger partial charge in [-0.1, -0.05) is 13.8 Å². The Morgan fingerprint density at radius 1 is 1.42 bits per heavy atom. The summed E-state index contributed by atoms with van der Waals surface area (Å²) in [7, 11) is 0. The summed E-state index contributed by atoms with van der Waals surface area (Å²) >= 11 is 0. The Kier molecular flexibility index (Phi) is 5.20. The molecule has 106 valence electrons. The van der Waals surface area contributed by atoms with Gasteiger partial charge in [-0.15, -0.1) is 0 Å². The monoisotopic (exact) mass is 261 g/mol. The summed E-state index contributed by atoms with van der Waals surface area (Å²) < 4.78 is 0. The average Bonchev–Trinajstić information content (AvgIpc) is 2.40. The van der Waals surface area contributed by atoms with Gasteiger partial charge in [0, 0.05) is 25.3 Å². The van der Waals surface area contributed by atoms with Crippen LogP contribution in [-0.4, -0.2) is 24.1 Å². The molecule has 0 saturated carbocycles. The highest BCUT2D eigenvalue weighted by molar-refractivity contribution is 5.52. The van der Waals surface area contributed by atoms with E-state index < -0.39 is 0 Å². The second-order valence-corrected chi connectivity index (χ2v) is 5.85. The molecule has 3 nitrogen and oxygen atoms in total. The highest BCUT2D eigenvalue weighted by Crippen LogP contribution is 2.29. The predicted molar refractivity (Wildman–Crippen MR) is 81.4 cm³/mol. The molecular weight excluding hydrogens is 234 g/mol. The van der Waals surface area contributed by atoms with Crippen molar-refractivity contribution in [1.29, 1.82) is 0 Å². The van der Waals surface area contributed by atoms with Gasteiger partial charge in [-0.25, -0.2) is 0 Å². The Morgan fingerprint density at radius 3 is 3.00 bits per heavy atom. The molecule has 0 aromatic carbocycles. The standard InChI is InChI=1S/C16H27N3/c1-4-7-17-11-15-5-8-18-12-16(15)19-9-6-13(2)10-14(19)3/h5,8,12-14,17H,4,6-7,9-11H2,1-3H3. The predicted octanol–water partition coefficient (Wildman–Crippen LogP) is 3.21. The minimum Gasteiger partial charge on any atom is -0.367 e. The van der Waals surface area contributed by atoms with Crippen molar-refractivity contribution < 1.29 is 0 Å². The van der Waals surface area contributed by atoms with Crippen LogP contribution in [0.5, 0.6) is 0 Å². The fourth-order valence-electron chi connectivity index (χ4n) is 2.99. The van der Waals surface area contributed by atoms with Gasteiger partial charge in [0.1, 0.15) is 0 Å². The molecule has 1 aromatic rings. The molecule has 19 heavy (non-hydrogen) atoms. The van der Waals surface area contributed by atoms with Crippen molar-refractivity contribution in [2.75, 3.05) is 18.0 Å². The highest BCUT2D eigenvalue weighted by atomic mass is 15.2. The first-order valence-electron chi connectivity index (χ1n) is 7.62. The lowest BCUT2D eigenvalue weighted by Crippen LogP contribution is -2.41. The van der Waals surface area contributed by atoms with Crippen molar-refractivity contribution in [1.82, 2.24) is 10.3 Å². The van der Waals surface area contributed by atoms with E-state index >= 15 is 0 Å². The van der Waals surface area contributed by atoms with E-state index in [1.807, 2.05) is 12.4 Å². The summed E-state index contributed by atoms with van der Waals surface area (Å²) in [5, 5.41) is 3.50. The van der Waals surface area contributed by atoms with E-state index in [0.717, 1.165) is 25.6 Å². The molecule has 0 spiro atoms. The highest BCUT2D eigenvalue weighted by Gasteiger charge is 2.24. The number of rotatable bonds is 5. The molecule has 0 aliphatic carbocycles. The zero-order valence-corrected chi connectivity index (χ0v) is 12.5. The van der Waals surface area contributed by atoms with Gasteiger partial charge in [0.05, 0.1) is 11.9 Å². The van der Waals surface area contributed by atoms with Crippen LogP contribution < -0.4 is 10.2 Å². The van der Waals surface area contributed by atoms with Gasteiger partial charge in [0.15, 0.2) is 0 Å². The second-order valence-electron chi connectivity index (χ2n) is 5.85. The molecule has 1 saturated heterocycles. The van der Waals surface area contributed by atoms with Crippen LogP contribution in [0.3, 0.4) is 0 Å². The number of nitrogens with zero attached hydrogens (tertiary/aromatic N) is 2.